The highest BCUT2D eigenvalue weighted by atomic mass is 16.5. The third-order valence-corrected chi connectivity index (χ3v) is 5.13. The van der Waals surface area contributed by atoms with Gasteiger partial charge in [0.05, 0.1) is 0 Å². The van der Waals surface area contributed by atoms with Crippen LogP contribution in [0.4, 0.5) is 4.79 Å². The highest BCUT2D eigenvalue weighted by Crippen LogP contribution is 2.44. The van der Waals surface area contributed by atoms with E-state index in [4.69, 9.17) is 4.74 Å². The Morgan fingerprint density at radius 3 is 2.16 bits per heavy atom. The second kappa shape index (κ2) is 9.93. The van der Waals surface area contributed by atoms with E-state index in [1.54, 1.807) is 6.08 Å². The summed E-state index contributed by atoms with van der Waals surface area (Å²) in [6.45, 7) is 3.47. The van der Waals surface area contributed by atoms with E-state index < -0.39 is 24.0 Å². The summed E-state index contributed by atoms with van der Waals surface area (Å²) >= 11 is 0. The Morgan fingerprint density at radius 2 is 1.61 bits per heavy atom. The number of benzene rings is 2. The zero-order valence-electron chi connectivity index (χ0n) is 17.6. The lowest BCUT2D eigenvalue weighted by Gasteiger charge is -2.15. The van der Waals surface area contributed by atoms with Crippen LogP contribution in [-0.2, 0) is 14.3 Å². The Kier molecular flexibility index (Phi) is 7.07. The van der Waals surface area contributed by atoms with Crippen LogP contribution in [0.3, 0.4) is 0 Å². The maximum atomic E-state index is 12.1. The first kappa shape index (κ1) is 22.1. The summed E-state index contributed by atoms with van der Waals surface area (Å²) < 4.78 is 5.37. The van der Waals surface area contributed by atoms with Gasteiger partial charge in [0, 0.05) is 5.92 Å². The van der Waals surface area contributed by atoms with Gasteiger partial charge >= 0.3 is 12.1 Å². The molecule has 0 saturated heterocycles. The van der Waals surface area contributed by atoms with Gasteiger partial charge in [-0.3, -0.25) is 4.79 Å². The molecule has 0 bridgehead atoms. The smallest absolute Gasteiger partial charge is 0.407 e. The summed E-state index contributed by atoms with van der Waals surface area (Å²) in [6.07, 6.45) is 1.18. The molecule has 0 saturated carbocycles. The van der Waals surface area contributed by atoms with Crippen molar-refractivity contribution in [2.24, 2.45) is 0 Å². The number of amides is 2. The van der Waals surface area contributed by atoms with Gasteiger partial charge in [0.1, 0.15) is 19.2 Å². The molecular formula is C24H26N2O5. The number of hydrogen-bond donors (Lipinski definition) is 3. The van der Waals surface area contributed by atoms with Crippen LogP contribution >= 0.6 is 0 Å². The summed E-state index contributed by atoms with van der Waals surface area (Å²) in [7, 11) is 0. The van der Waals surface area contributed by atoms with E-state index >= 15 is 0 Å². The lowest BCUT2D eigenvalue weighted by molar-refractivity contribution is -0.141. The molecule has 1 aliphatic carbocycles. The molecule has 3 rings (SSSR count). The molecule has 0 fully saturated rings. The Morgan fingerprint density at radius 1 is 1.03 bits per heavy atom. The van der Waals surface area contributed by atoms with Crippen LogP contribution in [0.15, 0.2) is 60.2 Å². The number of carboxylic acids is 1. The van der Waals surface area contributed by atoms with Crippen LogP contribution < -0.4 is 10.6 Å². The molecule has 162 valence electrons. The van der Waals surface area contributed by atoms with E-state index in [9.17, 15) is 19.5 Å². The monoisotopic (exact) mass is 422 g/mol. The van der Waals surface area contributed by atoms with E-state index in [1.807, 2.05) is 62.4 Å². The van der Waals surface area contributed by atoms with E-state index in [2.05, 4.69) is 10.6 Å². The highest BCUT2D eigenvalue weighted by Gasteiger charge is 2.29. The minimum atomic E-state index is -1.13. The number of fused-ring (bicyclic) bond motifs is 3. The van der Waals surface area contributed by atoms with E-state index in [-0.39, 0.29) is 25.5 Å². The molecule has 2 aromatic rings. The van der Waals surface area contributed by atoms with Crippen molar-refractivity contribution in [3.8, 4) is 11.1 Å². The van der Waals surface area contributed by atoms with Gasteiger partial charge in [-0.05, 0) is 42.5 Å². The maximum Gasteiger partial charge on any atom is 0.407 e. The first-order valence-electron chi connectivity index (χ1n) is 10.1. The molecule has 0 aromatic heterocycles. The molecule has 2 amide bonds. The van der Waals surface area contributed by atoms with Crippen LogP contribution in [0, 0.1) is 0 Å². The quantitative estimate of drug-likeness (QED) is 0.565. The minimum Gasteiger partial charge on any atom is -0.480 e. The topological polar surface area (TPSA) is 105 Å². The molecule has 0 radical (unpaired) electrons. The number of ether oxygens (including phenoxy) is 1. The molecule has 0 heterocycles. The molecule has 31 heavy (non-hydrogen) atoms. The molecule has 1 atom stereocenters. The van der Waals surface area contributed by atoms with Gasteiger partial charge in [-0.2, -0.15) is 0 Å². The number of hydrogen-bond acceptors (Lipinski definition) is 4. The molecular weight excluding hydrogens is 396 g/mol. The minimum absolute atomic E-state index is 0.0764. The molecule has 3 N–H and O–H groups in total. The standard InChI is InChI=1S/C24H26N2O5/c1-15(2)11-12-21(23(28)29)26-22(27)13-25-24(30)31-14-20-18-9-5-3-7-16(18)17-8-4-6-10-19(17)20/h3-11,20-21H,12-14H2,1-2H3,(H,25,30)(H,26,27)(H,28,29). The highest BCUT2D eigenvalue weighted by molar-refractivity contribution is 5.86. The van der Waals surface area contributed by atoms with E-state index in [0.29, 0.717) is 0 Å². The number of rotatable bonds is 8. The number of allylic oxidation sites excluding steroid dienone is 1. The number of carbonyl (C=O) groups is 3. The lowest BCUT2D eigenvalue weighted by atomic mass is 9.98. The summed E-state index contributed by atoms with van der Waals surface area (Å²) in [6, 6.07) is 15.0. The molecule has 2 aromatic carbocycles. The zero-order chi connectivity index (χ0) is 22.4. The average Bonchev–Trinajstić information content (AvgIpc) is 3.07. The number of carbonyl (C=O) groups excluding carboxylic acids is 2. The summed E-state index contributed by atoms with van der Waals surface area (Å²) in [4.78, 5) is 35.4. The van der Waals surface area contributed by atoms with Crippen LogP contribution in [0.2, 0.25) is 0 Å². The van der Waals surface area contributed by atoms with E-state index in [0.717, 1.165) is 27.8 Å². The fourth-order valence-corrected chi connectivity index (χ4v) is 3.62. The van der Waals surface area contributed by atoms with Gasteiger partial charge in [-0.1, -0.05) is 60.2 Å². The Bertz CT molecular complexity index is 965. The first-order valence-corrected chi connectivity index (χ1v) is 10.1. The Balaban J connectivity index is 1.52. The fraction of sp³-hybridized carbons (Fsp3) is 0.292. The molecule has 0 aliphatic heterocycles. The van der Waals surface area contributed by atoms with Gasteiger partial charge in [0.25, 0.3) is 0 Å². The number of aliphatic carboxylic acids is 1. The van der Waals surface area contributed by atoms with Gasteiger partial charge < -0.3 is 20.5 Å². The summed E-state index contributed by atoms with van der Waals surface area (Å²) in [5, 5.41) is 14.0. The van der Waals surface area contributed by atoms with Crippen molar-refractivity contribution < 1.29 is 24.2 Å². The van der Waals surface area contributed by atoms with Crippen molar-refractivity contribution in [1.29, 1.82) is 0 Å². The average molecular weight is 422 g/mol. The third-order valence-electron chi connectivity index (χ3n) is 5.13. The molecule has 1 aliphatic rings. The predicted molar refractivity (Wildman–Crippen MR) is 117 cm³/mol. The first-order chi connectivity index (χ1) is 14.9. The Labute approximate surface area is 181 Å². The number of carboxylic acid groups (broad SMARTS) is 1. The largest absolute Gasteiger partial charge is 0.480 e. The normalized spacial score (nSPS) is 12.8. The SMILES string of the molecule is CC(C)=CCC(NC(=O)CNC(=O)OCC1c2ccccc2-c2ccccc21)C(=O)O. The maximum absolute atomic E-state index is 12.1. The zero-order valence-corrected chi connectivity index (χ0v) is 17.6. The van der Waals surface area contributed by atoms with Gasteiger partial charge in [0.2, 0.25) is 5.91 Å². The molecule has 7 heteroatoms. The second-order valence-corrected chi connectivity index (χ2v) is 7.65. The summed E-state index contributed by atoms with van der Waals surface area (Å²) in [5.41, 5.74) is 5.40. The molecule has 0 spiro atoms. The van der Waals surface area contributed by atoms with Crippen molar-refractivity contribution >= 4 is 18.0 Å². The Hall–Kier alpha value is -3.61. The molecule has 7 nitrogen and oxygen atoms in total. The van der Waals surface area contributed by atoms with E-state index in [1.165, 1.54) is 0 Å². The van der Waals surface area contributed by atoms with Crippen LogP contribution in [-0.4, -0.2) is 42.3 Å². The predicted octanol–water partition coefficient (Wildman–Crippen LogP) is 3.45. The van der Waals surface area contributed by atoms with Gasteiger partial charge in [-0.25, -0.2) is 9.59 Å². The summed E-state index contributed by atoms with van der Waals surface area (Å²) in [5.74, 6) is -1.80. The van der Waals surface area contributed by atoms with Crippen molar-refractivity contribution in [2.45, 2.75) is 32.2 Å². The van der Waals surface area contributed by atoms with Gasteiger partial charge in [0.15, 0.2) is 0 Å². The third kappa shape index (κ3) is 5.51. The molecule has 1 unspecified atom stereocenters. The lowest BCUT2D eigenvalue weighted by Crippen LogP contribution is -2.45. The van der Waals surface area contributed by atoms with Crippen LogP contribution in [0.1, 0.15) is 37.3 Å². The van der Waals surface area contributed by atoms with Crippen molar-refractivity contribution in [2.75, 3.05) is 13.2 Å². The number of nitrogens with one attached hydrogen (secondary N) is 2. The van der Waals surface area contributed by atoms with Crippen molar-refractivity contribution in [1.82, 2.24) is 10.6 Å². The number of alkyl carbamates (subject to hydrolysis) is 1. The van der Waals surface area contributed by atoms with Gasteiger partial charge in [-0.15, -0.1) is 0 Å². The van der Waals surface area contributed by atoms with Crippen LogP contribution in [0.5, 0.6) is 0 Å². The van der Waals surface area contributed by atoms with Crippen LogP contribution in [0.25, 0.3) is 11.1 Å². The van der Waals surface area contributed by atoms with Crippen molar-refractivity contribution in [3.63, 3.8) is 0 Å². The fourth-order valence-electron chi connectivity index (χ4n) is 3.62. The van der Waals surface area contributed by atoms with Crippen molar-refractivity contribution in [3.05, 3.63) is 71.3 Å². The second-order valence-electron chi connectivity index (χ2n) is 7.65.